The number of hydrogen-bond donors (Lipinski definition) is 1. The molecule has 0 atom stereocenters. The number of aromatic nitrogens is 3. The van der Waals surface area contributed by atoms with Crippen LogP contribution < -0.4 is 0 Å². The van der Waals surface area contributed by atoms with Gasteiger partial charge in [-0.25, -0.2) is 4.98 Å². The molecule has 0 fully saturated rings. The van der Waals surface area contributed by atoms with Gasteiger partial charge in [0.25, 0.3) is 5.91 Å². The molecule has 7 nitrogen and oxygen atoms in total. The third-order valence-electron chi connectivity index (χ3n) is 3.22. The zero-order chi connectivity index (χ0) is 15.6. The highest BCUT2D eigenvalue weighted by Gasteiger charge is 2.19. The maximum Gasteiger partial charge on any atom is 0.323 e. The number of carboxylic acids is 1. The van der Waals surface area contributed by atoms with Crippen LogP contribution in [-0.2, 0) is 11.8 Å². The normalized spacial score (nSPS) is 10.8. The van der Waals surface area contributed by atoms with Crippen LogP contribution in [0.2, 0.25) is 0 Å². The van der Waals surface area contributed by atoms with E-state index in [-0.39, 0.29) is 12.5 Å². The summed E-state index contributed by atoms with van der Waals surface area (Å²) in [6.07, 6.45) is 2.16. The van der Waals surface area contributed by atoms with Gasteiger partial charge in [0.15, 0.2) is 5.65 Å². The van der Waals surface area contributed by atoms with Crippen LogP contribution in [0.5, 0.6) is 0 Å². The molecule has 0 spiro atoms. The van der Waals surface area contributed by atoms with Gasteiger partial charge < -0.3 is 10.0 Å². The Morgan fingerprint density at radius 3 is 2.76 bits per heavy atom. The molecule has 1 amide bonds. The van der Waals surface area contributed by atoms with Gasteiger partial charge in [0.2, 0.25) is 0 Å². The zero-order valence-electron chi connectivity index (χ0n) is 12.3. The number of carbonyl (C=O) groups is 2. The van der Waals surface area contributed by atoms with Crippen molar-refractivity contribution >= 4 is 22.9 Å². The number of aryl methyl sites for hydroxylation is 2. The van der Waals surface area contributed by atoms with Crippen LogP contribution in [0.3, 0.4) is 0 Å². The van der Waals surface area contributed by atoms with Crippen LogP contribution in [-0.4, -0.2) is 49.7 Å². The van der Waals surface area contributed by atoms with E-state index in [9.17, 15) is 9.59 Å². The molecule has 0 aliphatic carbocycles. The summed E-state index contributed by atoms with van der Waals surface area (Å²) in [5.41, 5.74) is 1.87. The van der Waals surface area contributed by atoms with Crippen LogP contribution in [0.1, 0.15) is 29.4 Å². The van der Waals surface area contributed by atoms with Gasteiger partial charge in [-0.2, -0.15) is 5.10 Å². The molecular formula is C14H18N4O3. The molecule has 0 aromatic carbocycles. The van der Waals surface area contributed by atoms with Crippen molar-refractivity contribution in [2.75, 3.05) is 13.1 Å². The summed E-state index contributed by atoms with van der Waals surface area (Å²) >= 11 is 0. The first-order valence-electron chi connectivity index (χ1n) is 6.74. The molecule has 0 radical (unpaired) electrons. The van der Waals surface area contributed by atoms with E-state index in [1.807, 2.05) is 13.8 Å². The topological polar surface area (TPSA) is 88.3 Å². The largest absolute Gasteiger partial charge is 0.480 e. The monoisotopic (exact) mass is 290 g/mol. The number of rotatable bonds is 5. The van der Waals surface area contributed by atoms with Crippen LogP contribution >= 0.6 is 0 Å². The van der Waals surface area contributed by atoms with Crippen molar-refractivity contribution in [3.63, 3.8) is 0 Å². The van der Waals surface area contributed by atoms with Gasteiger partial charge in [0, 0.05) is 25.2 Å². The molecule has 112 valence electrons. The van der Waals surface area contributed by atoms with Crippen molar-refractivity contribution in [2.45, 2.75) is 20.3 Å². The predicted molar refractivity (Wildman–Crippen MR) is 77.1 cm³/mol. The Morgan fingerprint density at radius 2 is 2.14 bits per heavy atom. The quantitative estimate of drug-likeness (QED) is 0.894. The first-order valence-corrected chi connectivity index (χ1v) is 6.74. The van der Waals surface area contributed by atoms with E-state index in [2.05, 4.69) is 10.1 Å². The Morgan fingerprint density at radius 1 is 1.43 bits per heavy atom. The van der Waals surface area contributed by atoms with Crippen molar-refractivity contribution < 1.29 is 14.7 Å². The summed E-state index contributed by atoms with van der Waals surface area (Å²) in [5.74, 6) is -1.35. The van der Waals surface area contributed by atoms with Gasteiger partial charge in [0.05, 0.1) is 11.3 Å². The fraction of sp³-hybridized carbons (Fsp3) is 0.429. The molecule has 0 saturated heterocycles. The molecule has 1 N–H and O–H groups in total. The third kappa shape index (κ3) is 3.01. The maximum absolute atomic E-state index is 12.4. The lowest BCUT2D eigenvalue weighted by atomic mass is 10.2. The minimum atomic E-state index is -1.02. The molecule has 2 aromatic heterocycles. The molecule has 0 bridgehead atoms. The number of hydrogen-bond acceptors (Lipinski definition) is 4. The molecule has 0 unspecified atom stereocenters. The number of carbonyl (C=O) groups excluding carboxylic acids is 1. The molecular weight excluding hydrogens is 272 g/mol. The van der Waals surface area contributed by atoms with E-state index >= 15 is 0 Å². The molecule has 0 saturated carbocycles. The summed E-state index contributed by atoms with van der Waals surface area (Å²) in [7, 11) is 1.79. The Bertz CT molecular complexity index is 693. The van der Waals surface area contributed by atoms with E-state index < -0.39 is 5.97 Å². The average molecular weight is 290 g/mol. The number of amides is 1. The lowest BCUT2D eigenvalue weighted by Crippen LogP contribution is -2.36. The fourth-order valence-electron chi connectivity index (χ4n) is 2.29. The molecule has 2 rings (SSSR count). The van der Waals surface area contributed by atoms with Gasteiger partial charge in [-0.15, -0.1) is 0 Å². The van der Waals surface area contributed by atoms with Crippen molar-refractivity contribution in [1.82, 2.24) is 19.7 Å². The average Bonchev–Trinajstić information content (AvgIpc) is 2.72. The van der Waals surface area contributed by atoms with Gasteiger partial charge in [0.1, 0.15) is 6.54 Å². The van der Waals surface area contributed by atoms with Crippen LogP contribution in [0.25, 0.3) is 11.0 Å². The van der Waals surface area contributed by atoms with Crippen molar-refractivity contribution in [1.29, 1.82) is 0 Å². The zero-order valence-corrected chi connectivity index (χ0v) is 12.3. The van der Waals surface area contributed by atoms with Crippen molar-refractivity contribution in [3.05, 3.63) is 23.5 Å². The van der Waals surface area contributed by atoms with Gasteiger partial charge in [-0.1, -0.05) is 6.92 Å². The molecule has 21 heavy (non-hydrogen) atoms. The highest BCUT2D eigenvalue weighted by atomic mass is 16.4. The highest BCUT2D eigenvalue weighted by molar-refractivity contribution is 5.98. The first kappa shape index (κ1) is 15.0. The van der Waals surface area contributed by atoms with Crippen LogP contribution in [0.4, 0.5) is 0 Å². The van der Waals surface area contributed by atoms with Crippen LogP contribution in [0, 0.1) is 6.92 Å². The van der Waals surface area contributed by atoms with E-state index in [0.29, 0.717) is 24.2 Å². The lowest BCUT2D eigenvalue weighted by Gasteiger charge is -2.19. The molecule has 2 heterocycles. The van der Waals surface area contributed by atoms with Crippen molar-refractivity contribution in [3.8, 4) is 0 Å². The predicted octanol–water partition coefficient (Wildman–Crippen LogP) is 1.21. The second-order valence-electron chi connectivity index (χ2n) is 4.92. The van der Waals surface area contributed by atoms with E-state index in [4.69, 9.17) is 5.11 Å². The first-order chi connectivity index (χ1) is 9.93. The summed E-state index contributed by atoms with van der Waals surface area (Å²) in [6, 6.07) is 1.72. The fourth-order valence-corrected chi connectivity index (χ4v) is 2.29. The summed E-state index contributed by atoms with van der Waals surface area (Å²) < 4.78 is 1.65. The second kappa shape index (κ2) is 5.90. The Balaban J connectivity index is 2.37. The lowest BCUT2D eigenvalue weighted by molar-refractivity contribution is -0.137. The Hall–Kier alpha value is -2.44. The number of nitrogens with zero attached hydrogens (tertiary/aromatic N) is 4. The van der Waals surface area contributed by atoms with Gasteiger partial charge in [-0.05, 0) is 19.4 Å². The van der Waals surface area contributed by atoms with Gasteiger partial charge in [-0.3, -0.25) is 14.3 Å². The second-order valence-corrected chi connectivity index (χ2v) is 4.92. The minimum Gasteiger partial charge on any atom is -0.480 e. The summed E-state index contributed by atoms with van der Waals surface area (Å²) in [6.45, 7) is 3.83. The molecule has 2 aromatic rings. The standard InChI is InChI=1S/C14H18N4O3/c1-4-5-18(8-12(19)20)14(21)10-6-11-9(2)16-17(3)13(11)15-7-10/h6-7H,4-5,8H2,1-3H3,(H,19,20). The molecule has 0 aliphatic heterocycles. The van der Waals surface area contributed by atoms with E-state index in [0.717, 1.165) is 11.1 Å². The van der Waals surface area contributed by atoms with E-state index in [1.54, 1.807) is 17.8 Å². The SMILES string of the molecule is CCCN(CC(=O)O)C(=O)c1cnc2c(c1)c(C)nn2C. The Labute approximate surface area is 122 Å². The van der Waals surface area contributed by atoms with Crippen LogP contribution in [0.15, 0.2) is 12.3 Å². The number of aliphatic carboxylic acids is 1. The smallest absolute Gasteiger partial charge is 0.323 e. The highest BCUT2D eigenvalue weighted by Crippen LogP contribution is 2.17. The van der Waals surface area contributed by atoms with Gasteiger partial charge >= 0.3 is 5.97 Å². The summed E-state index contributed by atoms with van der Waals surface area (Å²) in [4.78, 5) is 28.9. The van der Waals surface area contributed by atoms with Crippen molar-refractivity contribution in [2.24, 2.45) is 7.05 Å². The minimum absolute atomic E-state index is 0.309. The summed E-state index contributed by atoms with van der Waals surface area (Å²) in [5, 5.41) is 14.0. The van der Waals surface area contributed by atoms with E-state index in [1.165, 1.54) is 11.1 Å². The number of fused-ring (bicyclic) bond motifs is 1. The number of carboxylic acid groups (broad SMARTS) is 1. The molecule has 7 heteroatoms. The Kier molecular flexibility index (Phi) is 4.21. The third-order valence-corrected chi connectivity index (χ3v) is 3.22. The number of pyridine rings is 1. The maximum atomic E-state index is 12.4. The molecule has 0 aliphatic rings.